The van der Waals surface area contributed by atoms with Crippen molar-refractivity contribution in [2.75, 3.05) is 31.6 Å². The van der Waals surface area contributed by atoms with Crippen LogP contribution in [0.15, 0.2) is 29.1 Å². The van der Waals surface area contributed by atoms with Crippen molar-refractivity contribution in [2.45, 2.75) is 52.6 Å². The molecule has 2 heterocycles. The summed E-state index contributed by atoms with van der Waals surface area (Å²) in [5.41, 5.74) is 0.467. The van der Waals surface area contributed by atoms with Gasteiger partial charge >= 0.3 is 5.69 Å². The molecule has 2 aromatic rings. The van der Waals surface area contributed by atoms with Crippen LogP contribution in [0.25, 0.3) is 0 Å². The Balaban J connectivity index is 1.51. The fourth-order valence-electron chi connectivity index (χ4n) is 3.53. The molecule has 1 aliphatic heterocycles. The molecule has 0 atom stereocenters. The predicted octanol–water partition coefficient (Wildman–Crippen LogP) is 2.13. The summed E-state index contributed by atoms with van der Waals surface area (Å²) in [6.45, 7) is 8.40. The van der Waals surface area contributed by atoms with Gasteiger partial charge in [-0.15, -0.1) is 0 Å². The Morgan fingerprint density at radius 1 is 1.17 bits per heavy atom. The lowest BCUT2D eigenvalue weighted by Gasteiger charge is -2.18. The van der Waals surface area contributed by atoms with Crippen molar-refractivity contribution in [3.05, 3.63) is 40.6 Å². The lowest BCUT2D eigenvalue weighted by atomic mass is 10.2. The van der Waals surface area contributed by atoms with Crippen molar-refractivity contribution in [3.63, 3.8) is 0 Å². The number of aromatic nitrogens is 3. The molecule has 0 spiro atoms. The van der Waals surface area contributed by atoms with Gasteiger partial charge in [-0.05, 0) is 50.2 Å². The molecule has 0 unspecified atom stereocenters. The third-order valence-electron chi connectivity index (χ3n) is 5.28. The Hall–Kier alpha value is -2.61. The average molecular weight is 402 g/mol. The van der Waals surface area contributed by atoms with E-state index in [1.165, 1.54) is 4.68 Å². The van der Waals surface area contributed by atoms with Crippen LogP contribution in [0.3, 0.4) is 0 Å². The van der Waals surface area contributed by atoms with Crippen LogP contribution in [0.4, 0.5) is 5.69 Å². The van der Waals surface area contributed by atoms with E-state index in [0.717, 1.165) is 56.9 Å². The monoisotopic (exact) mass is 401 g/mol. The van der Waals surface area contributed by atoms with Crippen LogP contribution in [0, 0.1) is 0 Å². The van der Waals surface area contributed by atoms with E-state index in [4.69, 9.17) is 4.74 Å². The van der Waals surface area contributed by atoms with Gasteiger partial charge in [0, 0.05) is 25.2 Å². The van der Waals surface area contributed by atoms with Gasteiger partial charge in [-0.2, -0.15) is 5.10 Å². The number of hydrogen-bond donors (Lipinski definition) is 1. The number of carbonyl (C=O) groups excluding carboxylic acids is 1. The fraction of sp³-hybridized carbons (Fsp3) is 0.571. The first-order valence-corrected chi connectivity index (χ1v) is 10.5. The molecule has 1 aromatic carbocycles. The minimum Gasteiger partial charge on any atom is -0.492 e. The zero-order chi connectivity index (χ0) is 20.6. The largest absolute Gasteiger partial charge is 0.492 e. The third-order valence-corrected chi connectivity index (χ3v) is 5.28. The number of nitrogens with zero attached hydrogens (tertiary/aromatic N) is 4. The highest BCUT2D eigenvalue weighted by molar-refractivity contribution is 5.90. The van der Waals surface area contributed by atoms with Gasteiger partial charge in [-0.3, -0.25) is 9.36 Å². The third kappa shape index (κ3) is 5.69. The van der Waals surface area contributed by atoms with Crippen molar-refractivity contribution < 1.29 is 9.53 Å². The number of benzene rings is 1. The Labute approximate surface area is 171 Å². The number of anilines is 1. The first kappa shape index (κ1) is 21.1. The lowest BCUT2D eigenvalue weighted by Crippen LogP contribution is -2.30. The van der Waals surface area contributed by atoms with Crippen LogP contribution in [-0.4, -0.2) is 51.4 Å². The molecule has 0 fully saturated rings. The van der Waals surface area contributed by atoms with E-state index >= 15 is 0 Å². The Bertz CT molecular complexity index is 852. The Kier molecular flexibility index (Phi) is 7.46. The smallest absolute Gasteiger partial charge is 0.346 e. The molecule has 8 heteroatoms. The molecule has 0 radical (unpaired) electrons. The minimum absolute atomic E-state index is 0.0824. The number of likely N-dealkylation sites (N-methyl/N-ethyl adjacent to an activating group) is 1. The van der Waals surface area contributed by atoms with E-state index in [2.05, 4.69) is 29.2 Å². The van der Waals surface area contributed by atoms with Crippen molar-refractivity contribution >= 4 is 11.6 Å². The summed E-state index contributed by atoms with van der Waals surface area (Å²) in [6, 6.07) is 7.28. The summed E-state index contributed by atoms with van der Waals surface area (Å²) in [4.78, 5) is 27.1. The summed E-state index contributed by atoms with van der Waals surface area (Å²) in [7, 11) is 0. The molecule has 158 valence electrons. The van der Waals surface area contributed by atoms with E-state index in [1.807, 2.05) is 12.1 Å². The van der Waals surface area contributed by atoms with Crippen LogP contribution in [0.1, 0.15) is 38.9 Å². The number of nitrogens with one attached hydrogen (secondary N) is 1. The van der Waals surface area contributed by atoms with Gasteiger partial charge in [-0.1, -0.05) is 20.3 Å². The Morgan fingerprint density at radius 3 is 2.66 bits per heavy atom. The van der Waals surface area contributed by atoms with Gasteiger partial charge in [0.25, 0.3) is 0 Å². The van der Waals surface area contributed by atoms with Crippen LogP contribution in [0.2, 0.25) is 0 Å². The van der Waals surface area contributed by atoms with Crippen molar-refractivity contribution in [2.24, 2.45) is 0 Å². The first-order valence-electron chi connectivity index (χ1n) is 10.5. The fourth-order valence-corrected chi connectivity index (χ4v) is 3.53. The van der Waals surface area contributed by atoms with E-state index in [0.29, 0.717) is 18.8 Å². The zero-order valence-electron chi connectivity index (χ0n) is 17.4. The predicted molar refractivity (Wildman–Crippen MR) is 112 cm³/mol. The summed E-state index contributed by atoms with van der Waals surface area (Å²) in [5.74, 6) is 1.28. The lowest BCUT2D eigenvalue weighted by molar-refractivity contribution is -0.117. The molecule has 8 nitrogen and oxygen atoms in total. The topological polar surface area (TPSA) is 81.4 Å². The van der Waals surface area contributed by atoms with Gasteiger partial charge < -0.3 is 15.0 Å². The summed E-state index contributed by atoms with van der Waals surface area (Å²) < 4.78 is 8.72. The molecular formula is C21H31N5O3. The number of hydrogen-bond acceptors (Lipinski definition) is 5. The zero-order valence-corrected chi connectivity index (χ0v) is 17.4. The maximum absolute atomic E-state index is 12.5. The number of ether oxygens (including phenoxy) is 1. The molecule has 0 saturated heterocycles. The van der Waals surface area contributed by atoms with Gasteiger partial charge in [0.2, 0.25) is 5.91 Å². The second-order valence-electron chi connectivity index (χ2n) is 7.27. The van der Waals surface area contributed by atoms with Crippen molar-refractivity contribution in [1.29, 1.82) is 0 Å². The normalized spacial score (nSPS) is 13.8. The SMILES string of the molecule is CCN(CC)CCOc1ccc(NC(=O)Cn2nc3n(c2=O)CCCCC3)cc1. The highest BCUT2D eigenvalue weighted by Crippen LogP contribution is 2.16. The van der Waals surface area contributed by atoms with Gasteiger partial charge in [0.1, 0.15) is 24.7 Å². The molecular weight excluding hydrogens is 370 g/mol. The van der Waals surface area contributed by atoms with Crippen molar-refractivity contribution in [3.8, 4) is 5.75 Å². The van der Waals surface area contributed by atoms with E-state index in [9.17, 15) is 9.59 Å². The second kappa shape index (κ2) is 10.2. The van der Waals surface area contributed by atoms with Crippen LogP contribution in [-0.2, 0) is 24.3 Å². The second-order valence-corrected chi connectivity index (χ2v) is 7.27. The molecule has 1 aliphatic rings. The van der Waals surface area contributed by atoms with E-state index < -0.39 is 0 Å². The van der Waals surface area contributed by atoms with Gasteiger partial charge in [0.15, 0.2) is 0 Å². The van der Waals surface area contributed by atoms with Crippen LogP contribution >= 0.6 is 0 Å². The minimum atomic E-state index is -0.268. The van der Waals surface area contributed by atoms with E-state index in [-0.39, 0.29) is 18.1 Å². The number of amides is 1. The van der Waals surface area contributed by atoms with Crippen LogP contribution < -0.4 is 15.7 Å². The summed E-state index contributed by atoms with van der Waals surface area (Å²) in [6.07, 6.45) is 3.91. The Morgan fingerprint density at radius 2 is 1.93 bits per heavy atom. The molecule has 0 aliphatic carbocycles. The first-order chi connectivity index (χ1) is 14.1. The maximum Gasteiger partial charge on any atom is 0.346 e. The van der Waals surface area contributed by atoms with Gasteiger partial charge in [-0.25, -0.2) is 9.48 Å². The van der Waals surface area contributed by atoms with Gasteiger partial charge in [0.05, 0.1) is 0 Å². The number of fused-ring (bicyclic) bond motifs is 1. The average Bonchev–Trinajstić information content (AvgIpc) is 2.88. The quantitative estimate of drug-likeness (QED) is 0.696. The van der Waals surface area contributed by atoms with E-state index in [1.54, 1.807) is 16.7 Å². The van der Waals surface area contributed by atoms with Crippen LogP contribution in [0.5, 0.6) is 5.75 Å². The summed E-state index contributed by atoms with van der Waals surface area (Å²) >= 11 is 0. The van der Waals surface area contributed by atoms with Crippen molar-refractivity contribution in [1.82, 2.24) is 19.2 Å². The highest BCUT2D eigenvalue weighted by atomic mass is 16.5. The standard InChI is InChI=1S/C21H31N5O3/c1-3-24(4-2)14-15-29-18-11-9-17(10-12-18)22-20(27)16-26-21(28)25-13-7-5-6-8-19(25)23-26/h9-12H,3-8,13-16H2,1-2H3,(H,22,27). The maximum atomic E-state index is 12.5. The number of aryl methyl sites for hydroxylation is 1. The molecule has 29 heavy (non-hydrogen) atoms. The number of rotatable bonds is 9. The molecule has 0 bridgehead atoms. The molecule has 1 amide bonds. The summed E-state index contributed by atoms with van der Waals surface area (Å²) in [5, 5.41) is 7.17. The molecule has 3 rings (SSSR count). The highest BCUT2D eigenvalue weighted by Gasteiger charge is 2.17. The molecule has 1 aromatic heterocycles. The number of carbonyl (C=O) groups is 1. The molecule has 0 saturated carbocycles. The molecule has 1 N–H and O–H groups in total.